The van der Waals surface area contributed by atoms with Crippen LogP contribution in [0.5, 0.6) is 0 Å². The van der Waals surface area contributed by atoms with E-state index in [0.717, 1.165) is 19.1 Å². The summed E-state index contributed by atoms with van der Waals surface area (Å²) < 4.78 is 11.7. The molecule has 1 rings (SSSR count). The van der Waals surface area contributed by atoms with Crippen molar-refractivity contribution in [2.45, 2.75) is 70.8 Å². The highest BCUT2D eigenvalue weighted by Crippen LogP contribution is 2.39. The van der Waals surface area contributed by atoms with E-state index in [9.17, 15) is 0 Å². The minimum absolute atomic E-state index is 0.0140. The molecular weight excluding hydrogens is 258 g/mol. The van der Waals surface area contributed by atoms with Crippen LogP contribution in [0.3, 0.4) is 0 Å². The number of piperidine rings is 1. The number of ether oxygens (including phenoxy) is 1. The topological polar surface area (TPSA) is 30.9 Å². The average molecular weight is 289 g/mol. The number of hydrogen-bond donors (Lipinski definition) is 0. The summed E-state index contributed by atoms with van der Waals surface area (Å²) in [5.74, 6) is 0. The fourth-order valence-corrected chi connectivity index (χ4v) is 3.92. The van der Waals surface area contributed by atoms with Gasteiger partial charge in [-0.1, -0.05) is 0 Å². The van der Waals surface area contributed by atoms with Gasteiger partial charge < -0.3 is 14.0 Å². The Morgan fingerprint density at radius 2 is 1.53 bits per heavy atom. The predicted molar refractivity (Wildman–Crippen MR) is 80.5 cm³/mol. The molecule has 0 radical (unpaired) electrons. The van der Waals surface area contributed by atoms with Crippen molar-refractivity contribution < 1.29 is 14.0 Å². The average Bonchev–Trinajstić information content (AvgIpc) is 2.24. The first-order valence-electron chi connectivity index (χ1n) is 7.05. The maximum Gasteiger partial charge on any atom is 0.211 e. The molecule has 0 N–H and O–H groups in total. The van der Waals surface area contributed by atoms with Gasteiger partial charge in [0.2, 0.25) is 8.32 Å². The molecule has 0 aromatic rings. The summed E-state index contributed by atoms with van der Waals surface area (Å²) in [5, 5.41) is 2.11. The molecule has 0 aromatic heterocycles. The second-order valence-electron chi connectivity index (χ2n) is 7.41. The van der Waals surface area contributed by atoms with Gasteiger partial charge in [-0.05, 0) is 53.6 Å². The van der Waals surface area contributed by atoms with Gasteiger partial charge in [0.15, 0.2) is 0 Å². The zero-order chi connectivity index (χ0) is 14.9. The lowest BCUT2D eigenvalue weighted by molar-refractivity contribution is -0.279. The van der Waals surface area contributed by atoms with E-state index in [1.54, 1.807) is 14.2 Å². The van der Waals surface area contributed by atoms with E-state index in [-0.39, 0.29) is 17.2 Å². The highest BCUT2D eigenvalue weighted by Gasteiger charge is 2.46. The molecule has 5 heteroatoms. The molecule has 0 spiro atoms. The molecule has 1 saturated heterocycles. The molecule has 1 aliphatic heterocycles. The van der Waals surface area contributed by atoms with Gasteiger partial charge in [-0.3, -0.25) is 0 Å². The van der Waals surface area contributed by atoms with Crippen LogP contribution in [-0.4, -0.2) is 51.0 Å². The van der Waals surface area contributed by atoms with E-state index in [0.29, 0.717) is 0 Å². The van der Waals surface area contributed by atoms with E-state index >= 15 is 0 Å². The highest BCUT2D eigenvalue weighted by molar-refractivity contribution is 6.71. The van der Waals surface area contributed by atoms with Crippen LogP contribution in [0, 0.1) is 0 Å². The standard InChI is InChI=1S/C14H31NO3Si/c1-13(2)9-12(18-11-19(7,8)17-6)10-14(3,4)15(13)16-5/h12H,9-11H2,1-8H3. The zero-order valence-corrected chi connectivity index (χ0v) is 14.9. The Bertz CT molecular complexity index is 287. The van der Waals surface area contributed by atoms with Crippen LogP contribution in [0.15, 0.2) is 0 Å². The van der Waals surface area contributed by atoms with Gasteiger partial charge in [-0.25, -0.2) is 0 Å². The zero-order valence-electron chi connectivity index (χ0n) is 13.9. The number of nitrogens with zero attached hydrogens (tertiary/aromatic N) is 1. The van der Waals surface area contributed by atoms with Crippen LogP contribution >= 0.6 is 0 Å². The minimum atomic E-state index is -1.65. The summed E-state index contributed by atoms with van der Waals surface area (Å²) in [6, 6.07) is 0. The first-order chi connectivity index (χ1) is 8.54. The van der Waals surface area contributed by atoms with E-state index in [1.807, 2.05) is 0 Å². The maximum atomic E-state index is 6.16. The summed E-state index contributed by atoms with van der Waals surface area (Å²) in [4.78, 5) is 5.60. The lowest BCUT2D eigenvalue weighted by Gasteiger charge is -2.53. The molecule has 4 nitrogen and oxygen atoms in total. The number of rotatable bonds is 5. The fourth-order valence-electron chi connectivity index (χ4n) is 3.16. The molecule has 1 heterocycles. The van der Waals surface area contributed by atoms with Crippen LogP contribution in [0.4, 0.5) is 0 Å². The van der Waals surface area contributed by atoms with Crippen molar-refractivity contribution in [3.05, 3.63) is 0 Å². The summed E-state index contributed by atoms with van der Waals surface area (Å²) in [5.41, 5.74) is -0.0279. The van der Waals surface area contributed by atoms with Gasteiger partial charge in [0.05, 0.1) is 19.4 Å². The second-order valence-corrected chi connectivity index (χ2v) is 11.6. The van der Waals surface area contributed by atoms with Gasteiger partial charge >= 0.3 is 0 Å². The molecule has 0 bridgehead atoms. The molecule has 0 amide bonds. The molecule has 0 atom stereocenters. The van der Waals surface area contributed by atoms with Crippen LogP contribution in [0.1, 0.15) is 40.5 Å². The molecule has 0 saturated carbocycles. The molecule has 114 valence electrons. The highest BCUT2D eigenvalue weighted by atomic mass is 28.4. The Morgan fingerprint density at radius 3 is 1.89 bits per heavy atom. The van der Waals surface area contributed by atoms with Gasteiger partial charge in [0.1, 0.15) is 0 Å². The third-order valence-corrected chi connectivity index (χ3v) is 5.92. The van der Waals surface area contributed by atoms with E-state index in [2.05, 4.69) is 45.9 Å². The lowest BCUT2D eigenvalue weighted by Crippen LogP contribution is -2.61. The first-order valence-corrected chi connectivity index (χ1v) is 10.2. The molecule has 19 heavy (non-hydrogen) atoms. The second kappa shape index (κ2) is 5.82. The van der Waals surface area contributed by atoms with Crippen LogP contribution in [0.2, 0.25) is 13.1 Å². The Hall–Kier alpha value is 0.0569. The van der Waals surface area contributed by atoms with Gasteiger partial charge in [-0.15, -0.1) is 0 Å². The molecule has 1 fully saturated rings. The smallest absolute Gasteiger partial charge is 0.211 e. The number of hydrogen-bond acceptors (Lipinski definition) is 4. The van der Waals surface area contributed by atoms with E-state index in [4.69, 9.17) is 14.0 Å². The monoisotopic (exact) mass is 289 g/mol. The van der Waals surface area contributed by atoms with Crippen LogP contribution in [0.25, 0.3) is 0 Å². The van der Waals surface area contributed by atoms with Crippen molar-refractivity contribution in [2.24, 2.45) is 0 Å². The molecule has 0 aromatic carbocycles. The maximum absolute atomic E-state index is 6.16. The summed E-state index contributed by atoms with van der Waals surface area (Å²) in [6.45, 7) is 13.2. The molecule has 1 aliphatic rings. The van der Waals surface area contributed by atoms with Gasteiger partial charge in [-0.2, -0.15) is 5.06 Å². The van der Waals surface area contributed by atoms with Crippen LogP contribution < -0.4 is 0 Å². The fraction of sp³-hybridized carbons (Fsp3) is 1.00. The summed E-state index contributed by atoms with van der Waals surface area (Å²) in [7, 11) is 1.90. The minimum Gasteiger partial charge on any atom is -0.418 e. The van der Waals surface area contributed by atoms with Crippen molar-refractivity contribution >= 4 is 8.32 Å². The lowest BCUT2D eigenvalue weighted by atomic mass is 9.80. The first kappa shape index (κ1) is 17.1. The molecule has 0 aliphatic carbocycles. The Balaban J connectivity index is 2.70. The van der Waals surface area contributed by atoms with Crippen molar-refractivity contribution in [3.63, 3.8) is 0 Å². The third kappa shape index (κ3) is 4.26. The largest absolute Gasteiger partial charge is 0.418 e. The molecule has 0 unspecified atom stereocenters. The Kier molecular flexibility index (Phi) is 5.24. The molecular formula is C14H31NO3Si. The van der Waals surface area contributed by atoms with Gasteiger partial charge in [0, 0.05) is 18.2 Å². The summed E-state index contributed by atoms with van der Waals surface area (Å²) in [6.07, 6.45) is 3.00. The predicted octanol–water partition coefficient (Wildman–Crippen LogP) is 2.98. The van der Waals surface area contributed by atoms with Crippen molar-refractivity contribution in [2.75, 3.05) is 20.4 Å². The van der Waals surface area contributed by atoms with E-state index in [1.165, 1.54) is 0 Å². The van der Waals surface area contributed by atoms with Crippen LogP contribution in [-0.2, 0) is 14.0 Å². The Labute approximate surface area is 119 Å². The van der Waals surface area contributed by atoms with Crippen molar-refractivity contribution in [1.82, 2.24) is 5.06 Å². The van der Waals surface area contributed by atoms with Gasteiger partial charge in [0.25, 0.3) is 0 Å². The Morgan fingerprint density at radius 1 is 1.05 bits per heavy atom. The van der Waals surface area contributed by atoms with E-state index < -0.39 is 8.32 Å². The van der Waals surface area contributed by atoms with Crippen molar-refractivity contribution in [3.8, 4) is 0 Å². The number of hydroxylamine groups is 2. The normalized spacial score (nSPS) is 24.6. The quantitative estimate of drug-likeness (QED) is 0.728. The third-order valence-electron chi connectivity index (χ3n) is 3.96. The van der Waals surface area contributed by atoms with Crippen molar-refractivity contribution in [1.29, 1.82) is 0 Å². The summed E-state index contributed by atoms with van der Waals surface area (Å²) >= 11 is 0. The SMILES string of the molecule is CON1C(C)(C)CC(OC[Si](C)(C)OC)CC1(C)C.